The average Bonchev–Trinajstić information content (AvgIpc) is 2.85. The number of benzene rings is 1. The van der Waals surface area contributed by atoms with E-state index in [0.717, 1.165) is 12.8 Å². The molecule has 2 rings (SSSR count). The van der Waals surface area contributed by atoms with Gasteiger partial charge in [-0.1, -0.05) is 18.0 Å². The zero-order valence-electron chi connectivity index (χ0n) is 10.7. The van der Waals surface area contributed by atoms with E-state index in [4.69, 9.17) is 16.7 Å². The van der Waals surface area contributed by atoms with Gasteiger partial charge in [-0.25, -0.2) is 0 Å². The Morgan fingerprint density at radius 2 is 2.25 bits per heavy atom. The summed E-state index contributed by atoms with van der Waals surface area (Å²) in [5.74, 6) is -1.01. The quantitative estimate of drug-likeness (QED) is 0.643. The summed E-state index contributed by atoms with van der Waals surface area (Å²) in [5.41, 5.74) is 0.526. The second-order valence-corrected chi connectivity index (χ2v) is 5.35. The van der Waals surface area contributed by atoms with Crippen molar-refractivity contribution in [1.29, 1.82) is 0 Å². The third-order valence-corrected chi connectivity index (χ3v) is 4.01. The molecule has 2 N–H and O–H groups in total. The molecule has 2 unspecified atom stereocenters. The average molecular weight is 299 g/mol. The van der Waals surface area contributed by atoms with Crippen LogP contribution in [-0.4, -0.2) is 22.5 Å². The Morgan fingerprint density at radius 3 is 2.85 bits per heavy atom. The molecule has 20 heavy (non-hydrogen) atoms. The van der Waals surface area contributed by atoms with Gasteiger partial charge in [-0.05, 0) is 24.8 Å². The van der Waals surface area contributed by atoms with E-state index in [1.54, 1.807) is 6.07 Å². The number of nitro benzene ring substituents is 1. The van der Waals surface area contributed by atoms with E-state index in [9.17, 15) is 14.9 Å². The van der Waals surface area contributed by atoms with Crippen LogP contribution in [-0.2, 0) is 4.79 Å². The van der Waals surface area contributed by atoms with Crippen molar-refractivity contribution >= 4 is 28.9 Å². The van der Waals surface area contributed by atoms with Crippen LogP contribution in [0.4, 0.5) is 11.4 Å². The molecule has 0 radical (unpaired) electrons. The molecule has 1 aromatic carbocycles. The predicted molar refractivity (Wildman–Crippen MR) is 75.1 cm³/mol. The van der Waals surface area contributed by atoms with Crippen molar-refractivity contribution in [3.8, 4) is 0 Å². The number of non-ortho nitro benzene ring substituents is 1. The van der Waals surface area contributed by atoms with Gasteiger partial charge in [-0.15, -0.1) is 0 Å². The molecule has 0 amide bonds. The largest absolute Gasteiger partial charge is 0.481 e. The number of hydrogen-bond donors (Lipinski definition) is 2. The summed E-state index contributed by atoms with van der Waals surface area (Å²) in [6.45, 7) is 0.508. The van der Waals surface area contributed by atoms with Gasteiger partial charge in [0.25, 0.3) is 5.69 Å². The van der Waals surface area contributed by atoms with Gasteiger partial charge >= 0.3 is 5.97 Å². The minimum absolute atomic E-state index is 0.0650. The Kier molecular flexibility index (Phi) is 4.44. The normalized spacial score (nSPS) is 21.6. The van der Waals surface area contributed by atoms with Crippen LogP contribution in [0, 0.1) is 22.0 Å². The summed E-state index contributed by atoms with van der Waals surface area (Å²) in [6, 6.07) is 4.20. The molecule has 0 saturated heterocycles. The Morgan fingerprint density at radius 1 is 1.50 bits per heavy atom. The molecule has 0 aliphatic heterocycles. The van der Waals surface area contributed by atoms with Crippen molar-refractivity contribution in [2.45, 2.75) is 19.3 Å². The molecule has 0 spiro atoms. The maximum absolute atomic E-state index is 11.1. The van der Waals surface area contributed by atoms with Crippen molar-refractivity contribution in [2.75, 3.05) is 11.9 Å². The first-order chi connectivity index (χ1) is 9.49. The van der Waals surface area contributed by atoms with Crippen molar-refractivity contribution < 1.29 is 14.8 Å². The number of carbonyl (C=O) groups is 1. The molecule has 0 heterocycles. The molecule has 1 aliphatic rings. The van der Waals surface area contributed by atoms with Crippen LogP contribution < -0.4 is 5.32 Å². The molecular formula is C13H15ClN2O4. The number of halogens is 1. The number of carboxylic acid groups (broad SMARTS) is 1. The molecule has 108 valence electrons. The smallest absolute Gasteiger partial charge is 0.306 e. The molecule has 1 aliphatic carbocycles. The summed E-state index contributed by atoms with van der Waals surface area (Å²) < 4.78 is 0. The number of anilines is 1. The van der Waals surface area contributed by atoms with E-state index in [0.29, 0.717) is 18.7 Å². The second kappa shape index (κ2) is 6.09. The Balaban J connectivity index is 2.00. The van der Waals surface area contributed by atoms with Gasteiger partial charge in [-0.3, -0.25) is 14.9 Å². The van der Waals surface area contributed by atoms with Gasteiger partial charge in [0.15, 0.2) is 0 Å². The molecule has 0 bridgehead atoms. The summed E-state index contributed by atoms with van der Waals surface area (Å²) >= 11 is 5.97. The van der Waals surface area contributed by atoms with Crippen LogP contribution >= 0.6 is 11.6 Å². The highest BCUT2D eigenvalue weighted by Crippen LogP contribution is 2.33. The highest BCUT2D eigenvalue weighted by atomic mass is 35.5. The summed E-state index contributed by atoms with van der Waals surface area (Å²) in [6.07, 6.45) is 2.49. The third kappa shape index (κ3) is 3.19. The lowest BCUT2D eigenvalue weighted by atomic mass is 9.96. The number of nitro groups is 1. The molecule has 1 saturated carbocycles. The lowest BCUT2D eigenvalue weighted by molar-refractivity contribution is -0.384. The van der Waals surface area contributed by atoms with E-state index in [1.807, 2.05) is 0 Å². The topological polar surface area (TPSA) is 92.5 Å². The molecule has 2 atom stereocenters. The molecule has 7 heteroatoms. The molecule has 6 nitrogen and oxygen atoms in total. The monoisotopic (exact) mass is 298 g/mol. The summed E-state index contributed by atoms with van der Waals surface area (Å²) in [7, 11) is 0. The van der Waals surface area contributed by atoms with E-state index in [2.05, 4.69) is 5.32 Å². The number of nitrogens with one attached hydrogen (secondary N) is 1. The van der Waals surface area contributed by atoms with Gasteiger partial charge < -0.3 is 10.4 Å². The standard InChI is InChI=1S/C13H15ClN2O4/c14-11-6-9(16(19)20)4-5-12(11)15-7-8-2-1-3-10(8)13(17)18/h4-6,8,10,15H,1-3,7H2,(H,17,18). The molecule has 1 fully saturated rings. The van der Waals surface area contributed by atoms with Gasteiger partial charge in [-0.2, -0.15) is 0 Å². The molecule has 0 aromatic heterocycles. The minimum atomic E-state index is -0.760. The van der Waals surface area contributed by atoms with Crippen molar-refractivity contribution in [2.24, 2.45) is 11.8 Å². The fourth-order valence-corrected chi connectivity index (χ4v) is 2.85. The third-order valence-electron chi connectivity index (χ3n) is 3.69. The van der Waals surface area contributed by atoms with Crippen molar-refractivity contribution in [3.63, 3.8) is 0 Å². The predicted octanol–water partition coefficient (Wildman–Crippen LogP) is 3.16. The molecular weight excluding hydrogens is 284 g/mol. The highest BCUT2D eigenvalue weighted by molar-refractivity contribution is 6.33. The first-order valence-corrected chi connectivity index (χ1v) is 6.77. The Hall–Kier alpha value is -1.82. The summed E-state index contributed by atoms with van der Waals surface area (Å²) in [4.78, 5) is 21.2. The second-order valence-electron chi connectivity index (χ2n) is 4.94. The minimum Gasteiger partial charge on any atom is -0.481 e. The van der Waals surface area contributed by atoms with E-state index < -0.39 is 10.9 Å². The lowest BCUT2D eigenvalue weighted by Gasteiger charge is -2.17. The van der Waals surface area contributed by atoms with E-state index >= 15 is 0 Å². The number of hydrogen-bond acceptors (Lipinski definition) is 4. The maximum Gasteiger partial charge on any atom is 0.306 e. The first kappa shape index (κ1) is 14.6. The van der Waals surface area contributed by atoms with Crippen LogP contribution in [0.3, 0.4) is 0 Å². The first-order valence-electron chi connectivity index (χ1n) is 6.39. The number of rotatable bonds is 5. The molecule has 1 aromatic rings. The fourth-order valence-electron chi connectivity index (χ4n) is 2.61. The van der Waals surface area contributed by atoms with Crippen LogP contribution in [0.2, 0.25) is 5.02 Å². The van der Waals surface area contributed by atoms with Crippen molar-refractivity contribution in [3.05, 3.63) is 33.3 Å². The Labute approximate surface area is 120 Å². The van der Waals surface area contributed by atoms with Gasteiger partial charge in [0.2, 0.25) is 0 Å². The number of carboxylic acids is 1. The van der Waals surface area contributed by atoms with Crippen LogP contribution in [0.15, 0.2) is 18.2 Å². The number of aliphatic carboxylic acids is 1. The van der Waals surface area contributed by atoms with Gasteiger partial charge in [0.05, 0.1) is 21.6 Å². The van der Waals surface area contributed by atoms with Crippen LogP contribution in [0.25, 0.3) is 0 Å². The van der Waals surface area contributed by atoms with Gasteiger partial charge in [0.1, 0.15) is 0 Å². The van der Waals surface area contributed by atoms with Crippen molar-refractivity contribution in [1.82, 2.24) is 0 Å². The highest BCUT2D eigenvalue weighted by Gasteiger charge is 2.32. The fraction of sp³-hybridized carbons (Fsp3) is 0.462. The Bertz CT molecular complexity index is 535. The van der Waals surface area contributed by atoms with Crippen LogP contribution in [0.5, 0.6) is 0 Å². The SMILES string of the molecule is O=C(O)C1CCCC1CNc1ccc([N+](=O)[O-])cc1Cl. The number of nitrogens with zero attached hydrogens (tertiary/aromatic N) is 1. The van der Waals surface area contributed by atoms with E-state index in [1.165, 1.54) is 12.1 Å². The van der Waals surface area contributed by atoms with Crippen LogP contribution in [0.1, 0.15) is 19.3 Å². The lowest BCUT2D eigenvalue weighted by Crippen LogP contribution is -2.24. The van der Waals surface area contributed by atoms with Gasteiger partial charge in [0, 0.05) is 18.7 Å². The zero-order chi connectivity index (χ0) is 14.7. The summed E-state index contributed by atoms with van der Waals surface area (Å²) in [5, 5.41) is 23.1. The maximum atomic E-state index is 11.1. The zero-order valence-corrected chi connectivity index (χ0v) is 11.5. The van der Waals surface area contributed by atoms with E-state index in [-0.39, 0.29) is 22.5 Å².